The van der Waals surface area contributed by atoms with Crippen LogP contribution < -0.4 is 0 Å². The lowest BCUT2D eigenvalue weighted by Gasteiger charge is -2.12. The number of hydrogen-bond donors (Lipinski definition) is 1. The fourth-order valence-corrected chi connectivity index (χ4v) is 2.48. The predicted molar refractivity (Wildman–Crippen MR) is 78.1 cm³/mol. The molecule has 3 aromatic rings. The number of H-pyrrole nitrogens is 1. The van der Waals surface area contributed by atoms with Crippen molar-refractivity contribution < 1.29 is 4.39 Å². The highest BCUT2D eigenvalue weighted by Crippen LogP contribution is 2.29. The molecule has 0 aliphatic carbocycles. The summed E-state index contributed by atoms with van der Waals surface area (Å²) in [7, 11) is 0. The Kier molecular flexibility index (Phi) is 3.73. The molecule has 1 N–H and O–H groups in total. The fraction of sp³-hybridized carbons (Fsp3) is 0.188. The Morgan fingerprint density at radius 1 is 1.14 bits per heavy atom. The molecule has 1 aromatic heterocycles. The van der Waals surface area contributed by atoms with Gasteiger partial charge in [-0.3, -0.25) is 0 Å². The lowest BCUT2D eigenvalue weighted by molar-refractivity contribution is 0.623. The summed E-state index contributed by atoms with van der Waals surface area (Å²) >= 11 is 0. The van der Waals surface area contributed by atoms with Gasteiger partial charge in [-0.15, -0.1) is 10.2 Å². The van der Waals surface area contributed by atoms with Gasteiger partial charge >= 0.3 is 0 Å². The summed E-state index contributed by atoms with van der Waals surface area (Å²) in [5, 5.41) is 14.0. The van der Waals surface area contributed by atoms with E-state index in [9.17, 15) is 4.39 Å². The SMILES string of the molecule is CCC(c1ccc(-c2ccccc2)c(F)c1)c1nn[nH]n1. The molecule has 1 atom stereocenters. The molecule has 0 fully saturated rings. The highest BCUT2D eigenvalue weighted by molar-refractivity contribution is 5.64. The molecule has 4 nitrogen and oxygen atoms in total. The topological polar surface area (TPSA) is 54.5 Å². The first kappa shape index (κ1) is 13.4. The van der Waals surface area contributed by atoms with Gasteiger partial charge in [0.25, 0.3) is 0 Å². The van der Waals surface area contributed by atoms with Gasteiger partial charge in [0.05, 0.1) is 0 Å². The van der Waals surface area contributed by atoms with Crippen molar-refractivity contribution in [1.82, 2.24) is 20.6 Å². The normalized spacial score (nSPS) is 12.3. The van der Waals surface area contributed by atoms with Crippen molar-refractivity contribution in [3.8, 4) is 11.1 Å². The minimum atomic E-state index is -0.236. The number of aromatic nitrogens is 4. The van der Waals surface area contributed by atoms with Crippen LogP contribution in [0.3, 0.4) is 0 Å². The first-order valence-corrected chi connectivity index (χ1v) is 6.87. The van der Waals surface area contributed by atoms with Gasteiger partial charge in [-0.2, -0.15) is 5.21 Å². The van der Waals surface area contributed by atoms with Crippen molar-refractivity contribution in [1.29, 1.82) is 0 Å². The van der Waals surface area contributed by atoms with Gasteiger partial charge in [-0.05, 0) is 23.6 Å². The molecule has 2 aromatic carbocycles. The van der Waals surface area contributed by atoms with Crippen LogP contribution in [-0.2, 0) is 0 Å². The molecule has 106 valence electrons. The van der Waals surface area contributed by atoms with Crippen LogP contribution in [0.15, 0.2) is 48.5 Å². The molecule has 0 radical (unpaired) electrons. The zero-order valence-electron chi connectivity index (χ0n) is 11.6. The average Bonchev–Trinajstić information content (AvgIpc) is 3.03. The van der Waals surface area contributed by atoms with Crippen LogP contribution in [0, 0.1) is 5.82 Å². The zero-order chi connectivity index (χ0) is 14.7. The van der Waals surface area contributed by atoms with Gasteiger partial charge in [-0.25, -0.2) is 4.39 Å². The Hall–Kier alpha value is -2.56. The third-order valence-electron chi connectivity index (χ3n) is 3.56. The van der Waals surface area contributed by atoms with E-state index in [1.54, 1.807) is 6.07 Å². The molecule has 0 spiro atoms. The number of benzene rings is 2. The second-order valence-corrected chi connectivity index (χ2v) is 4.84. The molecular weight excluding hydrogens is 267 g/mol. The van der Waals surface area contributed by atoms with E-state index in [4.69, 9.17) is 0 Å². The summed E-state index contributed by atoms with van der Waals surface area (Å²) in [5.41, 5.74) is 2.33. The Labute approximate surface area is 122 Å². The molecule has 0 aliphatic rings. The smallest absolute Gasteiger partial charge is 0.181 e. The lowest BCUT2D eigenvalue weighted by Crippen LogP contribution is -2.03. The summed E-state index contributed by atoms with van der Waals surface area (Å²) in [5.74, 6) is 0.299. The highest BCUT2D eigenvalue weighted by atomic mass is 19.1. The maximum Gasteiger partial charge on any atom is 0.181 e. The van der Waals surface area contributed by atoms with Crippen LogP contribution in [0.25, 0.3) is 11.1 Å². The maximum absolute atomic E-state index is 14.4. The molecular formula is C16H15FN4. The summed E-state index contributed by atoms with van der Waals surface area (Å²) in [6, 6.07) is 14.8. The molecule has 3 rings (SSSR count). The largest absolute Gasteiger partial charge is 0.206 e. The third kappa shape index (κ3) is 2.67. The minimum absolute atomic E-state index is 0.0527. The predicted octanol–water partition coefficient (Wildman–Crippen LogP) is 3.55. The van der Waals surface area contributed by atoms with Crippen molar-refractivity contribution in [3.05, 3.63) is 65.7 Å². The second-order valence-electron chi connectivity index (χ2n) is 4.84. The van der Waals surface area contributed by atoms with Gasteiger partial charge in [0, 0.05) is 11.5 Å². The fourth-order valence-electron chi connectivity index (χ4n) is 2.48. The molecule has 21 heavy (non-hydrogen) atoms. The summed E-state index contributed by atoms with van der Waals surface area (Å²) in [6.45, 7) is 2.02. The van der Waals surface area contributed by atoms with Crippen LogP contribution in [-0.4, -0.2) is 20.6 Å². The number of halogens is 1. The first-order valence-electron chi connectivity index (χ1n) is 6.87. The number of tetrazole rings is 1. The van der Waals surface area contributed by atoms with E-state index in [0.29, 0.717) is 11.4 Å². The maximum atomic E-state index is 14.4. The Morgan fingerprint density at radius 3 is 2.57 bits per heavy atom. The molecule has 5 heteroatoms. The molecule has 0 saturated heterocycles. The molecule has 1 unspecified atom stereocenters. The van der Waals surface area contributed by atoms with Gasteiger partial charge in [-0.1, -0.05) is 54.6 Å². The van der Waals surface area contributed by atoms with Crippen molar-refractivity contribution in [3.63, 3.8) is 0 Å². The van der Waals surface area contributed by atoms with Crippen LogP contribution in [0.4, 0.5) is 4.39 Å². The van der Waals surface area contributed by atoms with Crippen molar-refractivity contribution >= 4 is 0 Å². The Balaban J connectivity index is 1.98. The van der Waals surface area contributed by atoms with Crippen LogP contribution >= 0.6 is 0 Å². The molecule has 0 amide bonds. The van der Waals surface area contributed by atoms with E-state index in [2.05, 4.69) is 20.6 Å². The monoisotopic (exact) mass is 282 g/mol. The van der Waals surface area contributed by atoms with Gasteiger partial charge < -0.3 is 0 Å². The van der Waals surface area contributed by atoms with Crippen molar-refractivity contribution in [2.45, 2.75) is 19.3 Å². The van der Waals surface area contributed by atoms with Crippen molar-refractivity contribution in [2.75, 3.05) is 0 Å². The standard InChI is InChI=1S/C16H15FN4/c1-2-13(16-18-20-21-19-16)12-8-9-14(15(17)10-12)11-6-4-3-5-7-11/h3-10,13H,2H2,1H3,(H,18,19,20,21). The lowest BCUT2D eigenvalue weighted by atomic mass is 9.93. The van der Waals surface area contributed by atoms with E-state index in [1.165, 1.54) is 0 Å². The van der Waals surface area contributed by atoms with E-state index in [1.807, 2.05) is 49.4 Å². The molecule has 1 heterocycles. The molecule has 0 aliphatic heterocycles. The average molecular weight is 282 g/mol. The second kappa shape index (κ2) is 5.83. The molecule has 0 saturated carbocycles. The number of nitrogens with one attached hydrogen (secondary N) is 1. The van der Waals surface area contributed by atoms with Gasteiger partial charge in [0.15, 0.2) is 5.82 Å². The Bertz CT molecular complexity index is 710. The first-order chi connectivity index (χ1) is 10.3. The van der Waals surface area contributed by atoms with Crippen LogP contribution in [0.2, 0.25) is 0 Å². The number of hydrogen-bond acceptors (Lipinski definition) is 3. The van der Waals surface area contributed by atoms with E-state index < -0.39 is 0 Å². The highest BCUT2D eigenvalue weighted by Gasteiger charge is 2.18. The summed E-state index contributed by atoms with van der Waals surface area (Å²) < 4.78 is 14.4. The van der Waals surface area contributed by atoms with Crippen LogP contribution in [0.1, 0.15) is 30.7 Å². The molecule has 0 bridgehead atoms. The van der Waals surface area contributed by atoms with Crippen molar-refractivity contribution in [2.24, 2.45) is 0 Å². The van der Waals surface area contributed by atoms with Gasteiger partial charge in [0.1, 0.15) is 5.82 Å². The van der Waals surface area contributed by atoms with Gasteiger partial charge in [0.2, 0.25) is 0 Å². The third-order valence-corrected chi connectivity index (χ3v) is 3.56. The van der Waals surface area contributed by atoms with E-state index in [-0.39, 0.29) is 11.7 Å². The number of rotatable bonds is 4. The summed E-state index contributed by atoms with van der Waals surface area (Å²) in [6.07, 6.45) is 0.781. The number of nitrogens with zero attached hydrogens (tertiary/aromatic N) is 3. The quantitative estimate of drug-likeness (QED) is 0.796. The van der Waals surface area contributed by atoms with E-state index in [0.717, 1.165) is 17.5 Å². The summed E-state index contributed by atoms with van der Waals surface area (Å²) in [4.78, 5) is 0. The number of aromatic amines is 1. The zero-order valence-corrected chi connectivity index (χ0v) is 11.6. The Morgan fingerprint density at radius 2 is 1.95 bits per heavy atom. The minimum Gasteiger partial charge on any atom is -0.206 e. The van der Waals surface area contributed by atoms with Crippen LogP contribution in [0.5, 0.6) is 0 Å². The van der Waals surface area contributed by atoms with E-state index >= 15 is 0 Å².